The molecule has 0 unspecified atom stereocenters. The van der Waals surface area contributed by atoms with Gasteiger partial charge in [-0.15, -0.1) is 0 Å². The van der Waals surface area contributed by atoms with Crippen LogP contribution in [0.4, 0.5) is 14.5 Å². The molecule has 5 heteroatoms. The Hall–Kier alpha value is -2.27. The summed E-state index contributed by atoms with van der Waals surface area (Å²) < 4.78 is 26.1. The highest BCUT2D eigenvalue weighted by Gasteiger charge is 2.08. The Balaban J connectivity index is 1.86. The van der Waals surface area contributed by atoms with Gasteiger partial charge in [0, 0.05) is 11.7 Å². The fourth-order valence-corrected chi connectivity index (χ4v) is 1.91. The predicted octanol–water partition coefficient (Wildman–Crippen LogP) is 3.25. The number of amides is 1. The van der Waals surface area contributed by atoms with Crippen molar-refractivity contribution >= 4 is 11.6 Å². The lowest BCUT2D eigenvalue weighted by Crippen LogP contribution is -2.30. The van der Waals surface area contributed by atoms with Gasteiger partial charge in [-0.1, -0.05) is 18.2 Å². The predicted molar refractivity (Wildman–Crippen MR) is 77.8 cm³/mol. The van der Waals surface area contributed by atoms with Gasteiger partial charge in [0.15, 0.2) is 0 Å². The SMILES string of the molecule is C[C@@H](NCC(=O)Nc1cccc(F)c1)c1cccc(F)c1. The molecular weight excluding hydrogens is 274 g/mol. The van der Waals surface area contributed by atoms with Crippen LogP contribution in [0.2, 0.25) is 0 Å². The summed E-state index contributed by atoms with van der Waals surface area (Å²) in [6.45, 7) is 1.89. The lowest BCUT2D eigenvalue weighted by atomic mass is 10.1. The van der Waals surface area contributed by atoms with Crippen molar-refractivity contribution in [2.45, 2.75) is 13.0 Å². The molecule has 0 bridgehead atoms. The van der Waals surface area contributed by atoms with E-state index in [1.807, 2.05) is 6.92 Å². The summed E-state index contributed by atoms with van der Waals surface area (Å²) in [5.41, 5.74) is 1.16. The van der Waals surface area contributed by atoms with Crippen LogP contribution in [0.25, 0.3) is 0 Å². The molecule has 0 radical (unpaired) electrons. The lowest BCUT2D eigenvalue weighted by molar-refractivity contribution is -0.115. The highest BCUT2D eigenvalue weighted by atomic mass is 19.1. The quantitative estimate of drug-likeness (QED) is 0.887. The first-order chi connectivity index (χ1) is 10.0. The van der Waals surface area contributed by atoms with Crippen molar-refractivity contribution in [3.63, 3.8) is 0 Å². The maximum atomic E-state index is 13.1. The van der Waals surface area contributed by atoms with Gasteiger partial charge in [0.2, 0.25) is 5.91 Å². The minimum atomic E-state index is -0.408. The van der Waals surface area contributed by atoms with E-state index in [-0.39, 0.29) is 24.3 Å². The fourth-order valence-electron chi connectivity index (χ4n) is 1.91. The van der Waals surface area contributed by atoms with Gasteiger partial charge in [-0.25, -0.2) is 8.78 Å². The number of carbonyl (C=O) groups is 1. The van der Waals surface area contributed by atoms with Crippen LogP contribution in [-0.4, -0.2) is 12.5 Å². The molecule has 0 aliphatic carbocycles. The summed E-state index contributed by atoms with van der Waals surface area (Å²) >= 11 is 0. The Morgan fingerprint density at radius 1 is 1.10 bits per heavy atom. The first-order valence-corrected chi connectivity index (χ1v) is 6.59. The highest BCUT2D eigenvalue weighted by Crippen LogP contribution is 2.13. The lowest BCUT2D eigenvalue weighted by Gasteiger charge is -2.14. The van der Waals surface area contributed by atoms with E-state index >= 15 is 0 Å². The number of halogens is 2. The number of hydrogen-bond donors (Lipinski definition) is 2. The van der Waals surface area contributed by atoms with Crippen LogP contribution < -0.4 is 10.6 Å². The summed E-state index contributed by atoms with van der Waals surface area (Å²) in [5.74, 6) is -1.01. The van der Waals surface area contributed by atoms with E-state index < -0.39 is 5.82 Å². The number of rotatable bonds is 5. The zero-order chi connectivity index (χ0) is 15.2. The second-order valence-electron chi connectivity index (χ2n) is 4.72. The number of anilines is 1. The first kappa shape index (κ1) is 15.1. The van der Waals surface area contributed by atoms with E-state index in [0.29, 0.717) is 5.69 Å². The molecular formula is C16H16F2N2O. The van der Waals surface area contributed by atoms with Gasteiger partial charge < -0.3 is 10.6 Å². The smallest absolute Gasteiger partial charge is 0.238 e. The Morgan fingerprint density at radius 3 is 2.43 bits per heavy atom. The third-order valence-electron chi connectivity index (χ3n) is 3.03. The molecule has 0 fully saturated rings. The summed E-state index contributed by atoms with van der Waals surface area (Å²) in [6.07, 6.45) is 0. The van der Waals surface area contributed by atoms with E-state index in [1.165, 1.54) is 30.3 Å². The minimum absolute atomic E-state index is 0.0498. The van der Waals surface area contributed by atoms with E-state index in [1.54, 1.807) is 18.2 Å². The first-order valence-electron chi connectivity index (χ1n) is 6.59. The van der Waals surface area contributed by atoms with Gasteiger partial charge in [0.1, 0.15) is 11.6 Å². The molecule has 0 aliphatic heterocycles. The molecule has 110 valence electrons. The van der Waals surface area contributed by atoms with E-state index in [0.717, 1.165) is 5.56 Å². The van der Waals surface area contributed by atoms with Crippen LogP contribution in [-0.2, 0) is 4.79 Å². The molecule has 0 saturated heterocycles. The Bertz CT molecular complexity index is 631. The summed E-state index contributed by atoms with van der Waals surface area (Å²) in [7, 11) is 0. The maximum Gasteiger partial charge on any atom is 0.238 e. The molecule has 0 aliphatic rings. The highest BCUT2D eigenvalue weighted by molar-refractivity contribution is 5.92. The fraction of sp³-hybridized carbons (Fsp3) is 0.188. The Kier molecular flexibility index (Phi) is 5.00. The van der Waals surface area contributed by atoms with Crippen LogP contribution in [0.1, 0.15) is 18.5 Å². The van der Waals surface area contributed by atoms with E-state index in [2.05, 4.69) is 10.6 Å². The van der Waals surface area contributed by atoms with Crippen LogP contribution in [0.5, 0.6) is 0 Å². The molecule has 2 aromatic carbocycles. The molecule has 0 saturated carbocycles. The van der Waals surface area contributed by atoms with Gasteiger partial charge in [-0.05, 0) is 42.8 Å². The molecule has 1 atom stereocenters. The zero-order valence-electron chi connectivity index (χ0n) is 11.6. The van der Waals surface area contributed by atoms with E-state index in [9.17, 15) is 13.6 Å². The monoisotopic (exact) mass is 290 g/mol. The van der Waals surface area contributed by atoms with Crippen LogP contribution in [0.3, 0.4) is 0 Å². The number of hydrogen-bond acceptors (Lipinski definition) is 2. The third kappa shape index (κ3) is 4.65. The average Bonchev–Trinajstić information content (AvgIpc) is 2.45. The van der Waals surface area contributed by atoms with Crippen LogP contribution in [0.15, 0.2) is 48.5 Å². The standard InChI is InChI=1S/C16H16F2N2O/c1-11(12-4-2-5-13(17)8-12)19-10-16(21)20-15-7-3-6-14(18)9-15/h2-9,11,19H,10H2,1H3,(H,20,21)/t11-/m1/s1. The van der Waals surface area contributed by atoms with Crippen molar-refractivity contribution in [1.29, 1.82) is 0 Å². The van der Waals surface area contributed by atoms with Crippen LogP contribution in [0, 0.1) is 11.6 Å². The number of carbonyl (C=O) groups excluding carboxylic acids is 1. The molecule has 1 amide bonds. The van der Waals surface area contributed by atoms with Gasteiger partial charge in [0.25, 0.3) is 0 Å². The van der Waals surface area contributed by atoms with Crippen LogP contribution >= 0.6 is 0 Å². The molecule has 2 rings (SSSR count). The van der Waals surface area contributed by atoms with Crippen molar-refractivity contribution in [3.05, 3.63) is 65.7 Å². The van der Waals surface area contributed by atoms with Crippen molar-refractivity contribution in [1.82, 2.24) is 5.32 Å². The molecule has 2 aromatic rings. The largest absolute Gasteiger partial charge is 0.325 e. The second-order valence-corrected chi connectivity index (χ2v) is 4.72. The molecule has 21 heavy (non-hydrogen) atoms. The van der Waals surface area contributed by atoms with Gasteiger partial charge in [-0.2, -0.15) is 0 Å². The summed E-state index contributed by atoms with van der Waals surface area (Å²) in [6, 6.07) is 11.7. The molecule has 3 nitrogen and oxygen atoms in total. The van der Waals surface area contributed by atoms with Crippen molar-refractivity contribution in [2.75, 3.05) is 11.9 Å². The van der Waals surface area contributed by atoms with Gasteiger partial charge in [0.05, 0.1) is 6.54 Å². The molecule has 2 N–H and O–H groups in total. The number of nitrogens with one attached hydrogen (secondary N) is 2. The normalized spacial score (nSPS) is 12.0. The Labute approximate surface area is 122 Å². The van der Waals surface area contributed by atoms with Crippen molar-refractivity contribution in [2.24, 2.45) is 0 Å². The molecule has 0 spiro atoms. The topological polar surface area (TPSA) is 41.1 Å². The molecule has 0 heterocycles. The van der Waals surface area contributed by atoms with E-state index in [4.69, 9.17) is 0 Å². The van der Waals surface area contributed by atoms with Gasteiger partial charge >= 0.3 is 0 Å². The zero-order valence-corrected chi connectivity index (χ0v) is 11.6. The maximum absolute atomic E-state index is 13.1. The third-order valence-corrected chi connectivity index (χ3v) is 3.03. The second kappa shape index (κ2) is 6.95. The molecule has 0 aromatic heterocycles. The number of benzene rings is 2. The van der Waals surface area contributed by atoms with Gasteiger partial charge in [-0.3, -0.25) is 4.79 Å². The van der Waals surface area contributed by atoms with Crippen molar-refractivity contribution in [3.8, 4) is 0 Å². The minimum Gasteiger partial charge on any atom is -0.325 e. The average molecular weight is 290 g/mol. The van der Waals surface area contributed by atoms with Crippen molar-refractivity contribution < 1.29 is 13.6 Å². The summed E-state index contributed by atoms with van der Waals surface area (Å²) in [4.78, 5) is 11.8. The Morgan fingerprint density at radius 2 is 1.76 bits per heavy atom. The summed E-state index contributed by atoms with van der Waals surface area (Å²) in [5, 5.41) is 5.57.